The van der Waals surface area contributed by atoms with Crippen LogP contribution in [0.25, 0.3) is 0 Å². The summed E-state index contributed by atoms with van der Waals surface area (Å²) in [4.78, 5) is 17.1. The molecular formula is C20H25ClN4O3S. The zero-order valence-electron chi connectivity index (χ0n) is 16.4. The van der Waals surface area contributed by atoms with Crippen molar-refractivity contribution in [3.8, 4) is 0 Å². The lowest BCUT2D eigenvalue weighted by Gasteiger charge is -2.37. The van der Waals surface area contributed by atoms with Gasteiger partial charge in [0.05, 0.1) is 29.3 Å². The number of sulfone groups is 1. The fraction of sp³-hybridized carbons (Fsp3) is 0.500. The van der Waals surface area contributed by atoms with Gasteiger partial charge in [0.1, 0.15) is 5.15 Å². The first kappa shape index (κ1) is 20.4. The molecule has 0 bridgehead atoms. The number of hydrogen-bond acceptors (Lipinski definition) is 5. The SMILES string of the molecule is Cc1nn(Cc2ccccc2)c(Cl)c1C(=O)N1CCN([C@H]2CCS(=O)(=O)C2)CC1. The van der Waals surface area contributed by atoms with E-state index in [1.54, 1.807) is 16.5 Å². The van der Waals surface area contributed by atoms with Crippen molar-refractivity contribution in [2.45, 2.75) is 25.9 Å². The monoisotopic (exact) mass is 436 g/mol. The molecule has 0 aliphatic carbocycles. The molecule has 2 aliphatic rings. The van der Waals surface area contributed by atoms with E-state index in [0.717, 1.165) is 5.56 Å². The number of carbonyl (C=O) groups excluding carboxylic acids is 1. The number of aryl methyl sites for hydroxylation is 1. The Labute approximate surface area is 176 Å². The van der Waals surface area contributed by atoms with Crippen molar-refractivity contribution in [1.29, 1.82) is 0 Å². The van der Waals surface area contributed by atoms with Crippen LogP contribution in [-0.2, 0) is 16.4 Å². The van der Waals surface area contributed by atoms with Crippen LogP contribution in [0.4, 0.5) is 0 Å². The first-order chi connectivity index (χ1) is 13.8. The number of carbonyl (C=O) groups is 1. The Balaban J connectivity index is 1.43. The minimum absolute atomic E-state index is 0.0798. The van der Waals surface area contributed by atoms with Crippen LogP contribution in [0.5, 0.6) is 0 Å². The minimum Gasteiger partial charge on any atom is -0.336 e. The van der Waals surface area contributed by atoms with E-state index < -0.39 is 9.84 Å². The average Bonchev–Trinajstić information content (AvgIpc) is 3.21. The maximum Gasteiger partial charge on any atom is 0.258 e. The molecule has 9 heteroatoms. The van der Waals surface area contributed by atoms with Gasteiger partial charge in [0, 0.05) is 32.2 Å². The van der Waals surface area contributed by atoms with Gasteiger partial charge in [0.2, 0.25) is 0 Å². The van der Waals surface area contributed by atoms with Crippen LogP contribution in [0.3, 0.4) is 0 Å². The van der Waals surface area contributed by atoms with E-state index >= 15 is 0 Å². The van der Waals surface area contributed by atoms with Gasteiger partial charge in [-0.1, -0.05) is 41.9 Å². The first-order valence-electron chi connectivity index (χ1n) is 9.84. The highest BCUT2D eigenvalue weighted by Crippen LogP contribution is 2.24. The smallest absolute Gasteiger partial charge is 0.258 e. The van der Waals surface area contributed by atoms with Gasteiger partial charge in [0.15, 0.2) is 9.84 Å². The van der Waals surface area contributed by atoms with E-state index in [4.69, 9.17) is 11.6 Å². The molecule has 1 aromatic carbocycles. The number of nitrogens with zero attached hydrogens (tertiary/aromatic N) is 4. The van der Waals surface area contributed by atoms with E-state index in [1.165, 1.54) is 0 Å². The highest BCUT2D eigenvalue weighted by molar-refractivity contribution is 7.91. The highest BCUT2D eigenvalue weighted by atomic mass is 35.5. The predicted octanol–water partition coefficient (Wildman–Crippen LogP) is 1.84. The molecule has 4 rings (SSSR count). The second-order valence-electron chi connectivity index (χ2n) is 7.78. The van der Waals surface area contributed by atoms with Crippen LogP contribution in [-0.4, -0.2) is 77.6 Å². The lowest BCUT2D eigenvalue weighted by Crippen LogP contribution is -2.52. The topological polar surface area (TPSA) is 75.5 Å². The molecule has 2 fully saturated rings. The Bertz CT molecular complexity index is 998. The molecule has 29 heavy (non-hydrogen) atoms. The third-order valence-corrected chi connectivity index (χ3v) is 7.92. The third-order valence-electron chi connectivity index (χ3n) is 5.78. The van der Waals surface area contributed by atoms with Crippen LogP contribution in [0.1, 0.15) is 28.0 Å². The van der Waals surface area contributed by atoms with Crippen molar-refractivity contribution in [2.24, 2.45) is 0 Å². The largest absolute Gasteiger partial charge is 0.336 e. The van der Waals surface area contributed by atoms with Gasteiger partial charge in [-0.05, 0) is 18.9 Å². The highest BCUT2D eigenvalue weighted by Gasteiger charge is 2.35. The molecule has 2 aromatic rings. The summed E-state index contributed by atoms with van der Waals surface area (Å²) in [5.74, 6) is 0.398. The Kier molecular flexibility index (Phi) is 5.68. The van der Waals surface area contributed by atoms with Crippen molar-refractivity contribution >= 4 is 27.3 Å². The zero-order chi connectivity index (χ0) is 20.6. The van der Waals surface area contributed by atoms with Gasteiger partial charge in [-0.15, -0.1) is 0 Å². The van der Waals surface area contributed by atoms with E-state index in [9.17, 15) is 13.2 Å². The Morgan fingerprint density at radius 1 is 1.17 bits per heavy atom. The summed E-state index contributed by atoms with van der Waals surface area (Å²) in [6.07, 6.45) is 0.688. The molecule has 156 valence electrons. The Morgan fingerprint density at radius 2 is 1.86 bits per heavy atom. The Morgan fingerprint density at radius 3 is 2.48 bits per heavy atom. The molecule has 7 nitrogen and oxygen atoms in total. The normalized spacial score (nSPS) is 22.1. The third kappa shape index (κ3) is 4.34. The summed E-state index contributed by atoms with van der Waals surface area (Å²) in [6.45, 7) is 4.81. The molecule has 0 N–H and O–H groups in total. The van der Waals surface area contributed by atoms with Gasteiger partial charge in [-0.2, -0.15) is 5.10 Å². The average molecular weight is 437 g/mol. The summed E-state index contributed by atoms with van der Waals surface area (Å²) in [7, 11) is -2.90. The quantitative estimate of drug-likeness (QED) is 0.731. The van der Waals surface area contributed by atoms with Crippen LogP contribution in [0.15, 0.2) is 30.3 Å². The molecule has 3 heterocycles. The fourth-order valence-corrected chi connectivity index (χ4v) is 6.25. The van der Waals surface area contributed by atoms with Gasteiger partial charge in [-0.25, -0.2) is 13.1 Å². The van der Waals surface area contributed by atoms with Crippen molar-refractivity contribution in [3.05, 3.63) is 52.3 Å². The van der Waals surface area contributed by atoms with Gasteiger partial charge in [-0.3, -0.25) is 9.69 Å². The van der Waals surface area contributed by atoms with Gasteiger partial charge < -0.3 is 4.90 Å². The molecule has 1 aromatic heterocycles. The van der Waals surface area contributed by atoms with Crippen LogP contribution in [0, 0.1) is 6.92 Å². The number of hydrogen-bond donors (Lipinski definition) is 0. The number of piperazine rings is 1. The fourth-order valence-electron chi connectivity index (χ4n) is 4.17. The molecule has 0 spiro atoms. The number of halogens is 1. The summed E-state index contributed by atoms with van der Waals surface area (Å²) in [6, 6.07) is 9.95. The van der Waals surface area contributed by atoms with E-state index in [1.807, 2.05) is 30.3 Å². The van der Waals surface area contributed by atoms with Crippen LogP contribution >= 0.6 is 11.6 Å². The Hall–Kier alpha value is -1.90. The molecule has 0 radical (unpaired) electrons. The van der Waals surface area contributed by atoms with Crippen molar-refractivity contribution in [3.63, 3.8) is 0 Å². The molecule has 2 aliphatic heterocycles. The van der Waals surface area contributed by atoms with E-state index in [2.05, 4.69) is 10.00 Å². The number of aromatic nitrogens is 2. The second-order valence-corrected chi connectivity index (χ2v) is 10.4. The minimum atomic E-state index is -2.90. The maximum absolute atomic E-state index is 13.1. The summed E-state index contributed by atoms with van der Waals surface area (Å²) < 4.78 is 25.1. The number of rotatable bonds is 4. The summed E-state index contributed by atoms with van der Waals surface area (Å²) >= 11 is 6.53. The first-order valence-corrected chi connectivity index (χ1v) is 12.0. The van der Waals surface area contributed by atoms with Crippen molar-refractivity contribution in [2.75, 3.05) is 37.7 Å². The van der Waals surface area contributed by atoms with Gasteiger partial charge in [0.25, 0.3) is 5.91 Å². The van der Waals surface area contributed by atoms with Crippen LogP contribution in [0.2, 0.25) is 5.15 Å². The standard InChI is InChI=1S/C20H25ClN4O3S/c1-15-18(19(21)25(22-15)13-16-5-3-2-4-6-16)20(26)24-10-8-23(9-11-24)17-7-12-29(27,28)14-17/h2-6,17H,7-14H2,1H3/t17-/m0/s1. The number of benzene rings is 1. The van der Waals surface area contributed by atoms with Gasteiger partial charge >= 0.3 is 0 Å². The molecule has 2 saturated heterocycles. The zero-order valence-corrected chi connectivity index (χ0v) is 18.0. The molecule has 1 atom stereocenters. The van der Waals surface area contributed by atoms with Crippen LogP contribution < -0.4 is 0 Å². The van der Waals surface area contributed by atoms with Crippen molar-refractivity contribution in [1.82, 2.24) is 19.6 Å². The molecule has 0 saturated carbocycles. The van der Waals surface area contributed by atoms with Crippen molar-refractivity contribution < 1.29 is 13.2 Å². The van der Waals surface area contributed by atoms with E-state index in [0.29, 0.717) is 55.6 Å². The lowest BCUT2D eigenvalue weighted by molar-refractivity contribution is 0.0587. The summed E-state index contributed by atoms with van der Waals surface area (Å²) in [5, 5.41) is 4.84. The predicted molar refractivity (Wildman–Crippen MR) is 112 cm³/mol. The second kappa shape index (κ2) is 8.08. The summed E-state index contributed by atoms with van der Waals surface area (Å²) in [5.41, 5.74) is 2.15. The lowest BCUT2D eigenvalue weighted by atomic mass is 10.1. The molecule has 1 amide bonds. The number of amides is 1. The maximum atomic E-state index is 13.1. The van der Waals surface area contributed by atoms with E-state index in [-0.39, 0.29) is 23.5 Å². The molecular weight excluding hydrogens is 412 g/mol. The molecule has 0 unspecified atom stereocenters.